The molecule has 1 aromatic heterocycles. The molecule has 5 nitrogen and oxygen atoms in total. The van der Waals surface area contributed by atoms with Gasteiger partial charge in [0, 0.05) is 12.6 Å². The molecule has 1 heterocycles. The van der Waals surface area contributed by atoms with Gasteiger partial charge in [0.15, 0.2) is 0 Å². The quantitative estimate of drug-likeness (QED) is 0.746. The van der Waals surface area contributed by atoms with Crippen molar-refractivity contribution in [2.45, 2.75) is 19.5 Å². The predicted molar refractivity (Wildman–Crippen MR) is 54.7 cm³/mol. The number of aromatic nitrogens is 1. The first-order valence-electron chi connectivity index (χ1n) is 4.59. The highest BCUT2D eigenvalue weighted by molar-refractivity contribution is 5.72. The van der Waals surface area contributed by atoms with E-state index in [0.29, 0.717) is 12.4 Å². The highest BCUT2D eigenvalue weighted by Crippen LogP contribution is 2.06. The van der Waals surface area contributed by atoms with Crippen LogP contribution >= 0.6 is 0 Å². The lowest BCUT2D eigenvalue weighted by Crippen LogP contribution is -2.33. The Morgan fingerprint density at radius 3 is 3.00 bits per heavy atom. The van der Waals surface area contributed by atoms with Crippen molar-refractivity contribution in [3.8, 4) is 5.88 Å². The topological polar surface area (TPSA) is 71.5 Å². The summed E-state index contributed by atoms with van der Waals surface area (Å²) in [5.74, 6) is -0.352. The number of aliphatic carboxylic acids is 1. The SMILES string of the molecule is COc1cccc(CN[C@@H](C)C(=O)O)n1. The Hall–Kier alpha value is -1.62. The zero-order chi connectivity index (χ0) is 11.3. The number of carboxylic acid groups (broad SMARTS) is 1. The minimum absolute atomic E-state index is 0.407. The summed E-state index contributed by atoms with van der Waals surface area (Å²) in [5.41, 5.74) is 0.752. The average Bonchev–Trinajstić information content (AvgIpc) is 2.26. The van der Waals surface area contributed by atoms with Crippen LogP contribution in [-0.4, -0.2) is 29.2 Å². The molecule has 0 bridgehead atoms. The van der Waals surface area contributed by atoms with Crippen LogP contribution < -0.4 is 10.1 Å². The molecule has 1 aromatic rings. The number of carboxylic acids is 1. The Morgan fingerprint density at radius 1 is 1.67 bits per heavy atom. The van der Waals surface area contributed by atoms with Crippen molar-refractivity contribution >= 4 is 5.97 Å². The van der Waals surface area contributed by atoms with Crippen molar-refractivity contribution in [3.63, 3.8) is 0 Å². The summed E-state index contributed by atoms with van der Waals surface area (Å²) in [6.45, 7) is 1.99. The summed E-state index contributed by atoms with van der Waals surface area (Å²) in [4.78, 5) is 14.7. The van der Waals surface area contributed by atoms with Crippen molar-refractivity contribution < 1.29 is 14.6 Å². The van der Waals surface area contributed by atoms with Gasteiger partial charge in [-0.15, -0.1) is 0 Å². The molecular weight excluding hydrogens is 196 g/mol. The molecule has 82 valence electrons. The zero-order valence-corrected chi connectivity index (χ0v) is 8.73. The Bertz CT molecular complexity index is 341. The molecule has 0 saturated carbocycles. The highest BCUT2D eigenvalue weighted by atomic mass is 16.5. The second kappa shape index (κ2) is 5.31. The molecule has 1 rings (SSSR count). The fourth-order valence-electron chi connectivity index (χ4n) is 1.01. The number of methoxy groups -OCH3 is 1. The molecule has 0 aromatic carbocycles. The van der Waals surface area contributed by atoms with Gasteiger partial charge in [-0.2, -0.15) is 0 Å². The van der Waals surface area contributed by atoms with E-state index in [1.807, 2.05) is 12.1 Å². The van der Waals surface area contributed by atoms with E-state index in [1.165, 1.54) is 0 Å². The highest BCUT2D eigenvalue weighted by Gasteiger charge is 2.09. The summed E-state index contributed by atoms with van der Waals surface area (Å²) in [6, 6.07) is 4.78. The minimum atomic E-state index is -0.877. The van der Waals surface area contributed by atoms with Crippen LogP contribution in [0.15, 0.2) is 18.2 Å². The first-order valence-corrected chi connectivity index (χ1v) is 4.59. The maximum Gasteiger partial charge on any atom is 0.320 e. The van der Waals surface area contributed by atoms with Gasteiger partial charge in [0.1, 0.15) is 6.04 Å². The number of rotatable bonds is 5. The number of ether oxygens (including phenoxy) is 1. The summed E-state index contributed by atoms with van der Waals surface area (Å²) in [5, 5.41) is 11.5. The molecule has 0 radical (unpaired) electrons. The third-order valence-corrected chi connectivity index (χ3v) is 1.95. The first-order chi connectivity index (χ1) is 7.13. The maximum atomic E-state index is 10.5. The van der Waals surface area contributed by atoms with Crippen molar-refractivity contribution in [2.24, 2.45) is 0 Å². The van der Waals surface area contributed by atoms with E-state index in [-0.39, 0.29) is 0 Å². The minimum Gasteiger partial charge on any atom is -0.481 e. The predicted octanol–water partition coefficient (Wildman–Crippen LogP) is 0.653. The Kier molecular flexibility index (Phi) is 4.05. The van der Waals surface area contributed by atoms with Gasteiger partial charge in [-0.25, -0.2) is 4.98 Å². The van der Waals surface area contributed by atoms with E-state index in [0.717, 1.165) is 5.69 Å². The van der Waals surface area contributed by atoms with E-state index >= 15 is 0 Å². The van der Waals surface area contributed by atoms with E-state index in [4.69, 9.17) is 9.84 Å². The second-order valence-corrected chi connectivity index (χ2v) is 3.11. The van der Waals surface area contributed by atoms with E-state index < -0.39 is 12.0 Å². The maximum absolute atomic E-state index is 10.5. The standard InChI is InChI=1S/C10H14N2O3/c1-7(10(13)14)11-6-8-4-3-5-9(12-8)15-2/h3-5,7,11H,6H2,1-2H3,(H,13,14)/t7-/m0/s1. The van der Waals surface area contributed by atoms with Crippen LogP contribution in [0.5, 0.6) is 5.88 Å². The Labute approximate surface area is 88.1 Å². The molecule has 1 atom stereocenters. The van der Waals surface area contributed by atoms with Gasteiger partial charge in [0.05, 0.1) is 12.8 Å². The van der Waals surface area contributed by atoms with E-state index in [2.05, 4.69) is 10.3 Å². The number of hydrogen-bond donors (Lipinski definition) is 2. The second-order valence-electron chi connectivity index (χ2n) is 3.11. The van der Waals surface area contributed by atoms with Crippen LogP contribution in [0.2, 0.25) is 0 Å². The van der Waals surface area contributed by atoms with Crippen molar-refractivity contribution in [2.75, 3.05) is 7.11 Å². The number of nitrogens with zero attached hydrogens (tertiary/aromatic N) is 1. The smallest absolute Gasteiger partial charge is 0.320 e. The van der Waals surface area contributed by atoms with Gasteiger partial charge in [-0.05, 0) is 13.0 Å². The van der Waals surface area contributed by atoms with Crippen LogP contribution in [0.3, 0.4) is 0 Å². The van der Waals surface area contributed by atoms with Crippen LogP contribution in [0, 0.1) is 0 Å². The lowest BCUT2D eigenvalue weighted by atomic mass is 10.3. The van der Waals surface area contributed by atoms with Gasteiger partial charge in [0.2, 0.25) is 5.88 Å². The van der Waals surface area contributed by atoms with Crippen LogP contribution in [0.1, 0.15) is 12.6 Å². The summed E-state index contributed by atoms with van der Waals surface area (Å²) < 4.78 is 4.95. The average molecular weight is 210 g/mol. The van der Waals surface area contributed by atoms with Crippen LogP contribution in [0.25, 0.3) is 0 Å². The molecule has 0 amide bonds. The van der Waals surface area contributed by atoms with Gasteiger partial charge in [-0.3, -0.25) is 10.1 Å². The van der Waals surface area contributed by atoms with Crippen molar-refractivity contribution in [1.82, 2.24) is 10.3 Å². The molecule has 5 heteroatoms. The normalized spacial score (nSPS) is 12.1. The van der Waals surface area contributed by atoms with Gasteiger partial charge in [-0.1, -0.05) is 6.07 Å². The number of carbonyl (C=O) groups is 1. The lowest BCUT2D eigenvalue weighted by Gasteiger charge is -2.08. The van der Waals surface area contributed by atoms with Gasteiger partial charge < -0.3 is 9.84 Å². The molecule has 0 spiro atoms. The summed E-state index contributed by atoms with van der Waals surface area (Å²) >= 11 is 0. The Balaban J connectivity index is 2.53. The fourth-order valence-corrected chi connectivity index (χ4v) is 1.01. The lowest BCUT2D eigenvalue weighted by molar-refractivity contribution is -0.139. The molecule has 0 saturated heterocycles. The summed E-state index contributed by atoms with van der Waals surface area (Å²) in [6.07, 6.45) is 0. The first kappa shape index (κ1) is 11.5. The van der Waals surface area contributed by atoms with Gasteiger partial charge in [0.25, 0.3) is 0 Å². The largest absolute Gasteiger partial charge is 0.481 e. The molecule has 0 aliphatic heterocycles. The van der Waals surface area contributed by atoms with Crippen LogP contribution in [0.4, 0.5) is 0 Å². The zero-order valence-electron chi connectivity index (χ0n) is 8.73. The number of nitrogens with one attached hydrogen (secondary N) is 1. The molecular formula is C10H14N2O3. The Morgan fingerprint density at radius 2 is 2.40 bits per heavy atom. The van der Waals surface area contributed by atoms with Crippen molar-refractivity contribution in [3.05, 3.63) is 23.9 Å². The fraction of sp³-hybridized carbons (Fsp3) is 0.400. The summed E-state index contributed by atoms with van der Waals surface area (Å²) in [7, 11) is 1.54. The van der Waals surface area contributed by atoms with Crippen LogP contribution in [-0.2, 0) is 11.3 Å². The van der Waals surface area contributed by atoms with Gasteiger partial charge >= 0.3 is 5.97 Å². The third-order valence-electron chi connectivity index (χ3n) is 1.95. The number of pyridine rings is 1. The van der Waals surface area contributed by atoms with E-state index in [9.17, 15) is 4.79 Å². The monoisotopic (exact) mass is 210 g/mol. The van der Waals surface area contributed by atoms with Crippen molar-refractivity contribution in [1.29, 1.82) is 0 Å². The molecule has 0 fully saturated rings. The molecule has 0 aliphatic rings. The molecule has 0 aliphatic carbocycles. The third kappa shape index (κ3) is 3.55. The van der Waals surface area contributed by atoms with E-state index in [1.54, 1.807) is 20.1 Å². The molecule has 2 N–H and O–H groups in total. The molecule has 0 unspecified atom stereocenters. The number of hydrogen-bond acceptors (Lipinski definition) is 4. The molecule has 15 heavy (non-hydrogen) atoms.